The molecule has 0 spiro atoms. The standard InChI is InChI=1S/C13H21N5O3/c1-21-7-6-18-9-10(2-3-12(18)19)13(20)14-5-4-11-8-15-17-16-11/h8,10H,2-7,9H2,1H3,(H,14,20)(H,15,16,17)/t10-/m1/s1. The number of nitrogens with zero attached hydrogens (tertiary/aromatic N) is 3. The van der Waals surface area contributed by atoms with Crippen LogP contribution in [-0.2, 0) is 20.7 Å². The number of nitrogens with one attached hydrogen (secondary N) is 2. The zero-order valence-electron chi connectivity index (χ0n) is 12.2. The van der Waals surface area contributed by atoms with Gasteiger partial charge >= 0.3 is 0 Å². The van der Waals surface area contributed by atoms with Crippen LogP contribution in [0.5, 0.6) is 0 Å². The summed E-state index contributed by atoms with van der Waals surface area (Å²) in [5, 5.41) is 13.1. The van der Waals surface area contributed by atoms with Crippen molar-refractivity contribution in [3.05, 3.63) is 11.9 Å². The third-order valence-electron chi connectivity index (χ3n) is 3.58. The first-order valence-electron chi connectivity index (χ1n) is 7.09. The molecule has 1 fully saturated rings. The first kappa shape index (κ1) is 15.4. The molecular weight excluding hydrogens is 274 g/mol. The number of amides is 2. The first-order chi connectivity index (χ1) is 10.2. The molecule has 0 aliphatic carbocycles. The van der Waals surface area contributed by atoms with Crippen LogP contribution >= 0.6 is 0 Å². The number of rotatable bonds is 7. The van der Waals surface area contributed by atoms with E-state index in [2.05, 4.69) is 20.7 Å². The SMILES string of the molecule is COCCN1C[C@H](C(=O)NCCc2cn[nH]n2)CCC1=O. The van der Waals surface area contributed by atoms with Crippen molar-refractivity contribution in [2.75, 3.05) is 33.4 Å². The Hall–Kier alpha value is -1.96. The van der Waals surface area contributed by atoms with Crippen molar-refractivity contribution < 1.29 is 14.3 Å². The molecule has 0 saturated carbocycles. The van der Waals surface area contributed by atoms with Gasteiger partial charge in [0, 0.05) is 39.6 Å². The summed E-state index contributed by atoms with van der Waals surface area (Å²) in [7, 11) is 1.60. The number of aromatic nitrogens is 3. The number of aromatic amines is 1. The molecule has 1 aliphatic rings. The average molecular weight is 295 g/mol. The van der Waals surface area contributed by atoms with Crippen molar-refractivity contribution in [1.82, 2.24) is 25.6 Å². The lowest BCUT2D eigenvalue weighted by Gasteiger charge is -2.31. The number of hydrogen-bond acceptors (Lipinski definition) is 5. The Balaban J connectivity index is 1.75. The van der Waals surface area contributed by atoms with E-state index < -0.39 is 0 Å². The second-order valence-electron chi connectivity index (χ2n) is 5.07. The van der Waals surface area contributed by atoms with Crippen LogP contribution in [0.3, 0.4) is 0 Å². The Morgan fingerprint density at radius 3 is 3.19 bits per heavy atom. The lowest BCUT2D eigenvalue weighted by molar-refractivity contribution is -0.138. The van der Waals surface area contributed by atoms with E-state index in [1.165, 1.54) is 0 Å². The molecule has 8 heteroatoms. The van der Waals surface area contributed by atoms with E-state index in [1.807, 2.05) is 0 Å². The minimum Gasteiger partial charge on any atom is -0.383 e. The molecule has 2 rings (SSSR count). The van der Waals surface area contributed by atoms with Crippen LogP contribution in [0.25, 0.3) is 0 Å². The molecule has 1 aromatic heterocycles. The normalized spacial score (nSPS) is 18.8. The van der Waals surface area contributed by atoms with Crippen molar-refractivity contribution in [3.8, 4) is 0 Å². The highest BCUT2D eigenvalue weighted by Crippen LogP contribution is 2.17. The monoisotopic (exact) mass is 295 g/mol. The van der Waals surface area contributed by atoms with Gasteiger partial charge in [-0.15, -0.1) is 0 Å². The van der Waals surface area contributed by atoms with Gasteiger partial charge in [-0.3, -0.25) is 9.59 Å². The van der Waals surface area contributed by atoms with Crippen LogP contribution in [0.1, 0.15) is 18.5 Å². The molecule has 2 heterocycles. The summed E-state index contributed by atoms with van der Waals surface area (Å²) < 4.78 is 4.98. The van der Waals surface area contributed by atoms with Crippen LogP contribution in [0, 0.1) is 5.92 Å². The smallest absolute Gasteiger partial charge is 0.224 e. The van der Waals surface area contributed by atoms with E-state index in [-0.39, 0.29) is 17.7 Å². The first-order valence-corrected chi connectivity index (χ1v) is 7.09. The Bertz CT molecular complexity index is 462. The van der Waals surface area contributed by atoms with Gasteiger partial charge in [0.2, 0.25) is 11.8 Å². The van der Waals surface area contributed by atoms with E-state index >= 15 is 0 Å². The Kier molecular flexibility index (Phi) is 5.68. The quantitative estimate of drug-likeness (QED) is 0.696. The predicted octanol–water partition coefficient (Wildman–Crippen LogP) is -0.652. The van der Waals surface area contributed by atoms with Gasteiger partial charge in [-0.05, 0) is 6.42 Å². The molecule has 1 atom stereocenters. The van der Waals surface area contributed by atoms with E-state index in [0.29, 0.717) is 45.5 Å². The third-order valence-corrected chi connectivity index (χ3v) is 3.58. The predicted molar refractivity (Wildman–Crippen MR) is 74.3 cm³/mol. The van der Waals surface area contributed by atoms with Crippen molar-refractivity contribution in [3.63, 3.8) is 0 Å². The summed E-state index contributed by atoms with van der Waals surface area (Å²) in [5.41, 5.74) is 0.816. The molecule has 0 radical (unpaired) electrons. The molecule has 21 heavy (non-hydrogen) atoms. The van der Waals surface area contributed by atoms with Crippen LogP contribution in [0.4, 0.5) is 0 Å². The van der Waals surface area contributed by atoms with Crippen molar-refractivity contribution >= 4 is 11.8 Å². The summed E-state index contributed by atoms with van der Waals surface area (Å²) in [6.45, 7) is 2.02. The highest BCUT2D eigenvalue weighted by Gasteiger charge is 2.29. The minimum absolute atomic E-state index is 0.00610. The van der Waals surface area contributed by atoms with Gasteiger partial charge < -0.3 is 15.0 Å². The van der Waals surface area contributed by atoms with Crippen LogP contribution in [0.2, 0.25) is 0 Å². The Morgan fingerprint density at radius 1 is 1.62 bits per heavy atom. The molecule has 1 saturated heterocycles. The van der Waals surface area contributed by atoms with Crippen LogP contribution in [0.15, 0.2) is 6.20 Å². The molecule has 0 bridgehead atoms. The molecule has 1 aromatic rings. The van der Waals surface area contributed by atoms with Gasteiger partial charge in [0.15, 0.2) is 0 Å². The fourth-order valence-corrected chi connectivity index (χ4v) is 2.35. The molecule has 1 aliphatic heterocycles. The number of likely N-dealkylation sites (tertiary alicyclic amines) is 1. The summed E-state index contributed by atoms with van der Waals surface area (Å²) in [5.74, 6) is -0.0519. The topological polar surface area (TPSA) is 100 Å². The lowest BCUT2D eigenvalue weighted by atomic mass is 9.96. The number of hydrogen-bond donors (Lipinski definition) is 2. The third kappa shape index (κ3) is 4.52. The number of carbonyl (C=O) groups is 2. The van der Waals surface area contributed by atoms with Crippen molar-refractivity contribution in [2.45, 2.75) is 19.3 Å². The van der Waals surface area contributed by atoms with E-state index in [0.717, 1.165) is 5.69 Å². The second-order valence-corrected chi connectivity index (χ2v) is 5.07. The Labute approximate surface area is 123 Å². The molecule has 2 N–H and O–H groups in total. The minimum atomic E-state index is -0.142. The van der Waals surface area contributed by atoms with E-state index in [1.54, 1.807) is 18.2 Å². The summed E-state index contributed by atoms with van der Waals surface area (Å²) in [4.78, 5) is 25.6. The maximum Gasteiger partial charge on any atom is 0.224 e. The molecule has 116 valence electrons. The fourth-order valence-electron chi connectivity index (χ4n) is 2.35. The van der Waals surface area contributed by atoms with Gasteiger partial charge in [-0.1, -0.05) is 0 Å². The average Bonchev–Trinajstić information content (AvgIpc) is 2.99. The van der Waals surface area contributed by atoms with Gasteiger partial charge in [0.25, 0.3) is 0 Å². The van der Waals surface area contributed by atoms with Gasteiger partial charge in [0.05, 0.1) is 24.4 Å². The highest BCUT2D eigenvalue weighted by molar-refractivity contribution is 5.83. The lowest BCUT2D eigenvalue weighted by Crippen LogP contribution is -2.47. The van der Waals surface area contributed by atoms with Gasteiger partial charge in [0.1, 0.15) is 0 Å². The number of ether oxygens (including phenoxy) is 1. The maximum absolute atomic E-state index is 12.1. The summed E-state index contributed by atoms with van der Waals surface area (Å²) >= 11 is 0. The molecular formula is C13H21N5O3. The molecule has 0 unspecified atom stereocenters. The van der Waals surface area contributed by atoms with E-state index in [9.17, 15) is 9.59 Å². The highest BCUT2D eigenvalue weighted by atomic mass is 16.5. The van der Waals surface area contributed by atoms with Crippen LogP contribution < -0.4 is 5.32 Å². The fraction of sp³-hybridized carbons (Fsp3) is 0.692. The van der Waals surface area contributed by atoms with Gasteiger partial charge in [-0.25, -0.2) is 0 Å². The zero-order chi connectivity index (χ0) is 15.1. The Morgan fingerprint density at radius 2 is 2.48 bits per heavy atom. The van der Waals surface area contributed by atoms with Crippen molar-refractivity contribution in [2.24, 2.45) is 5.92 Å². The second kappa shape index (κ2) is 7.72. The molecule has 8 nitrogen and oxygen atoms in total. The molecule has 2 amide bonds. The van der Waals surface area contributed by atoms with Crippen molar-refractivity contribution in [1.29, 1.82) is 0 Å². The maximum atomic E-state index is 12.1. The number of carbonyl (C=O) groups excluding carboxylic acids is 2. The summed E-state index contributed by atoms with van der Waals surface area (Å²) in [6, 6.07) is 0. The largest absolute Gasteiger partial charge is 0.383 e. The van der Waals surface area contributed by atoms with Gasteiger partial charge in [-0.2, -0.15) is 15.4 Å². The zero-order valence-corrected chi connectivity index (χ0v) is 12.2. The van der Waals surface area contributed by atoms with E-state index in [4.69, 9.17) is 4.74 Å². The number of H-pyrrole nitrogens is 1. The van der Waals surface area contributed by atoms with Crippen LogP contribution in [-0.4, -0.2) is 65.5 Å². The molecule has 0 aromatic carbocycles. The number of methoxy groups -OCH3 is 1. The number of piperidine rings is 1. The summed E-state index contributed by atoms with van der Waals surface area (Å²) in [6.07, 6.45) is 3.31.